The number of ether oxygens (including phenoxy) is 1. The molecule has 0 fully saturated rings. The highest BCUT2D eigenvalue weighted by Crippen LogP contribution is 2.29. The van der Waals surface area contributed by atoms with Crippen LogP contribution in [0.4, 0.5) is 0 Å². The van der Waals surface area contributed by atoms with Crippen LogP contribution in [-0.4, -0.2) is 26.1 Å². The lowest BCUT2D eigenvalue weighted by Crippen LogP contribution is -2.19. The fourth-order valence-electron chi connectivity index (χ4n) is 2.73. The van der Waals surface area contributed by atoms with E-state index in [0.29, 0.717) is 22.1 Å². The Morgan fingerprint density at radius 3 is 2.54 bits per heavy atom. The first-order valence-electron chi connectivity index (χ1n) is 8.47. The lowest BCUT2D eigenvalue weighted by Gasteiger charge is -2.13. The quantitative estimate of drug-likeness (QED) is 0.633. The third-order valence-electron chi connectivity index (χ3n) is 4.15. The normalized spacial score (nSPS) is 12.9. The predicted octanol–water partition coefficient (Wildman–Crippen LogP) is 3.35. The van der Waals surface area contributed by atoms with Crippen molar-refractivity contribution in [2.24, 2.45) is 5.73 Å². The zero-order valence-electron chi connectivity index (χ0n) is 14.9. The van der Waals surface area contributed by atoms with Crippen LogP contribution in [0.15, 0.2) is 72.1 Å². The molecule has 0 saturated heterocycles. The molecule has 3 aromatic rings. The Balaban J connectivity index is 1.88. The summed E-state index contributed by atoms with van der Waals surface area (Å²) in [5.41, 5.74) is 7.21. The second-order valence-corrected chi connectivity index (χ2v) is 8.10. The zero-order valence-corrected chi connectivity index (χ0v) is 15.7. The van der Waals surface area contributed by atoms with Gasteiger partial charge in [0.15, 0.2) is 16.4 Å². The van der Waals surface area contributed by atoms with Gasteiger partial charge in [-0.05, 0) is 34.7 Å². The maximum atomic E-state index is 12.6. The minimum atomic E-state index is -3.72. The fraction of sp³-hybridized carbons (Fsp3) is 0.0952. The Morgan fingerprint density at radius 1 is 1.07 bits per heavy atom. The van der Waals surface area contributed by atoms with E-state index < -0.39 is 27.8 Å². The highest BCUT2D eigenvalue weighted by Gasteiger charge is 2.21. The van der Waals surface area contributed by atoms with E-state index in [1.54, 1.807) is 48.5 Å². The monoisotopic (exact) mass is 397 g/mol. The van der Waals surface area contributed by atoms with Gasteiger partial charge in [-0.1, -0.05) is 54.6 Å². The summed E-state index contributed by atoms with van der Waals surface area (Å²) in [4.78, 5) is 10.7. The molecular formula is C21H19NO5S. The lowest BCUT2D eigenvalue weighted by molar-refractivity contribution is -0.139. The number of carboxylic acids is 1. The Hall–Kier alpha value is -3.16. The van der Waals surface area contributed by atoms with Gasteiger partial charge in [-0.15, -0.1) is 0 Å². The van der Waals surface area contributed by atoms with Crippen molar-refractivity contribution in [3.63, 3.8) is 0 Å². The summed E-state index contributed by atoms with van der Waals surface area (Å²) in [6, 6.07) is 19.2. The molecule has 28 heavy (non-hydrogen) atoms. The standard InChI is InChI=1S/C21H19NO5S/c22-21(28(25,26)12-11-15-5-2-1-3-6-15)17-9-10-18-16(13-17)7-4-8-19(18)27-14-20(23)24/h1-13,21H,14,22H2,(H,23,24)/b12-11+. The van der Waals surface area contributed by atoms with Crippen molar-refractivity contribution in [3.05, 3.63) is 83.3 Å². The smallest absolute Gasteiger partial charge is 0.341 e. The van der Waals surface area contributed by atoms with Crippen LogP contribution in [-0.2, 0) is 14.6 Å². The van der Waals surface area contributed by atoms with E-state index in [1.165, 1.54) is 6.08 Å². The molecule has 1 unspecified atom stereocenters. The molecule has 7 heteroatoms. The number of carboxylic acid groups (broad SMARTS) is 1. The molecule has 1 atom stereocenters. The molecule has 0 aliphatic carbocycles. The van der Waals surface area contributed by atoms with Gasteiger partial charge >= 0.3 is 5.97 Å². The van der Waals surface area contributed by atoms with E-state index in [1.807, 2.05) is 18.2 Å². The molecule has 0 aliphatic heterocycles. The SMILES string of the molecule is NC(c1ccc2c(OCC(=O)O)cccc2c1)S(=O)(=O)/C=C/c1ccccc1. The van der Waals surface area contributed by atoms with Crippen molar-refractivity contribution in [1.82, 2.24) is 0 Å². The first-order valence-corrected chi connectivity index (χ1v) is 10.1. The Labute approximate surface area is 162 Å². The van der Waals surface area contributed by atoms with Crippen LogP contribution in [0.3, 0.4) is 0 Å². The number of benzene rings is 3. The second-order valence-electron chi connectivity index (χ2n) is 6.14. The molecule has 0 amide bonds. The summed E-state index contributed by atoms with van der Waals surface area (Å²) < 4.78 is 30.4. The van der Waals surface area contributed by atoms with Gasteiger partial charge in [0.05, 0.1) is 0 Å². The van der Waals surface area contributed by atoms with Crippen molar-refractivity contribution in [2.45, 2.75) is 5.37 Å². The molecule has 6 nitrogen and oxygen atoms in total. The van der Waals surface area contributed by atoms with Crippen LogP contribution >= 0.6 is 0 Å². The summed E-state index contributed by atoms with van der Waals surface area (Å²) in [7, 11) is -3.72. The van der Waals surface area contributed by atoms with Crippen molar-refractivity contribution in [2.75, 3.05) is 6.61 Å². The van der Waals surface area contributed by atoms with Crippen molar-refractivity contribution in [3.8, 4) is 5.75 Å². The average molecular weight is 397 g/mol. The van der Waals surface area contributed by atoms with Crippen LogP contribution in [0.5, 0.6) is 5.75 Å². The highest BCUT2D eigenvalue weighted by atomic mass is 32.2. The summed E-state index contributed by atoms with van der Waals surface area (Å²) in [5.74, 6) is -0.668. The Bertz CT molecular complexity index is 1120. The first kappa shape index (κ1) is 19.6. The van der Waals surface area contributed by atoms with Crippen LogP contribution in [0, 0.1) is 0 Å². The average Bonchev–Trinajstić information content (AvgIpc) is 2.70. The number of hydrogen-bond acceptors (Lipinski definition) is 5. The van der Waals surface area contributed by atoms with Crippen LogP contribution in [0.1, 0.15) is 16.5 Å². The molecule has 3 rings (SSSR count). The lowest BCUT2D eigenvalue weighted by atomic mass is 10.1. The van der Waals surface area contributed by atoms with Gasteiger partial charge in [-0.25, -0.2) is 13.2 Å². The molecule has 0 bridgehead atoms. The van der Waals surface area contributed by atoms with E-state index in [0.717, 1.165) is 11.0 Å². The molecule has 0 aromatic heterocycles. The Morgan fingerprint density at radius 2 is 1.82 bits per heavy atom. The number of fused-ring (bicyclic) bond motifs is 1. The summed E-state index contributed by atoms with van der Waals surface area (Å²) >= 11 is 0. The molecule has 0 radical (unpaired) electrons. The largest absolute Gasteiger partial charge is 0.481 e. The second kappa shape index (κ2) is 8.24. The molecule has 0 spiro atoms. The molecule has 0 heterocycles. The molecule has 0 aliphatic rings. The fourth-order valence-corrected chi connectivity index (χ4v) is 3.77. The predicted molar refractivity (Wildman–Crippen MR) is 108 cm³/mol. The number of carbonyl (C=O) groups is 1. The van der Waals surface area contributed by atoms with Crippen LogP contribution in [0.25, 0.3) is 16.8 Å². The van der Waals surface area contributed by atoms with Gasteiger partial charge in [-0.3, -0.25) is 0 Å². The van der Waals surface area contributed by atoms with Crippen molar-refractivity contribution < 1.29 is 23.1 Å². The number of hydrogen-bond donors (Lipinski definition) is 2. The molecule has 144 valence electrons. The summed E-state index contributed by atoms with van der Waals surface area (Å²) in [5, 5.41) is 10.0. The minimum absolute atomic E-state index is 0.409. The van der Waals surface area contributed by atoms with Crippen LogP contribution in [0.2, 0.25) is 0 Å². The molecule has 0 saturated carbocycles. The molecule has 3 aromatic carbocycles. The maximum Gasteiger partial charge on any atom is 0.341 e. The Kier molecular flexibility index (Phi) is 5.77. The van der Waals surface area contributed by atoms with Crippen molar-refractivity contribution in [1.29, 1.82) is 0 Å². The number of aliphatic carboxylic acids is 1. The van der Waals surface area contributed by atoms with Gasteiger partial charge in [-0.2, -0.15) is 0 Å². The van der Waals surface area contributed by atoms with Gasteiger partial charge in [0.25, 0.3) is 0 Å². The number of sulfone groups is 1. The topological polar surface area (TPSA) is 107 Å². The third-order valence-corrected chi connectivity index (χ3v) is 5.64. The number of rotatable bonds is 7. The first-order chi connectivity index (χ1) is 13.4. The minimum Gasteiger partial charge on any atom is -0.481 e. The van der Waals surface area contributed by atoms with E-state index in [4.69, 9.17) is 15.6 Å². The maximum absolute atomic E-state index is 12.6. The van der Waals surface area contributed by atoms with Gasteiger partial charge in [0, 0.05) is 10.8 Å². The highest BCUT2D eigenvalue weighted by molar-refractivity contribution is 7.94. The number of nitrogens with two attached hydrogens (primary N) is 1. The van der Waals surface area contributed by atoms with E-state index in [9.17, 15) is 13.2 Å². The molecular weight excluding hydrogens is 378 g/mol. The summed E-state index contributed by atoms with van der Waals surface area (Å²) in [6.45, 7) is -0.459. The third kappa shape index (κ3) is 4.57. The van der Waals surface area contributed by atoms with Crippen LogP contribution < -0.4 is 10.5 Å². The van der Waals surface area contributed by atoms with Gasteiger partial charge < -0.3 is 15.6 Å². The molecule has 3 N–H and O–H groups in total. The van der Waals surface area contributed by atoms with E-state index >= 15 is 0 Å². The van der Waals surface area contributed by atoms with Gasteiger partial charge in [0.2, 0.25) is 0 Å². The van der Waals surface area contributed by atoms with E-state index in [-0.39, 0.29) is 0 Å². The zero-order chi connectivity index (χ0) is 20.1. The van der Waals surface area contributed by atoms with Gasteiger partial charge in [0.1, 0.15) is 11.1 Å². The van der Waals surface area contributed by atoms with E-state index in [2.05, 4.69) is 0 Å². The van der Waals surface area contributed by atoms with Crippen molar-refractivity contribution >= 4 is 32.7 Å². The summed E-state index contributed by atoms with van der Waals surface area (Å²) in [6.07, 6.45) is 1.51.